The lowest BCUT2D eigenvalue weighted by Crippen LogP contribution is -1.92. The molecule has 0 fully saturated rings. The van der Waals surface area contributed by atoms with E-state index in [1.807, 2.05) is 23.7 Å². The van der Waals surface area contributed by atoms with Crippen LogP contribution >= 0.6 is 11.3 Å². The summed E-state index contributed by atoms with van der Waals surface area (Å²) in [5.41, 5.74) is 2.15. The Bertz CT molecular complexity index is 596. The van der Waals surface area contributed by atoms with Gasteiger partial charge in [0, 0.05) is 6.20 Å². The fraction of sp³-hybridized carbons (Fsp3) is 0.100. The number of fused-ring (bicyclic) bond motifs is 3. The first-order valence-electron chi connectivity index (χ1n) is 4.28. The summed E-state index contributed by atoms with van der Waals surface area (Å²) in [4.78, 5) is 5.43. The highest BCUT2D eigenvalue weighted by Crippen LogP contribution is 2.26. The van der Waals surface area contributed by atoms with Crippen LogP contribution in [-0.4, -0.2) is 16.5 Å². The molecule has 3 rings (SSSR count). The van der Waals surface area contributed by atoms with Crippen molar-refractivity contribution in [3.8, 4) is 5.88 Å². The molecule has 0 aromatic carbocycles. The molecule has 0 saturated heterocycles. The monoisotopic (exact) mass is 204 g/mol. The van der Waals surface area contributed by atoms with Gasteiger partial charge in [0.05, 0.1) is 12.6 Å². The van der Waals surface area contributed by atoms with E-state index in [0.29, 0.717) is 5.88 Å². The molecular formula is C10H8N2OS. The summed E-state index contributed by atoms with van der Waals surface area (Å²) in [6.45, 7) is 0. The van der Waals surface area contributed by atoms with Crippen LogP contribution in [0.5, 0.6) is 5.88 Å². The molecule has 3 aromatic rings. The third-order valence-electron chi connectivity index (χ3n) is 2.25. The van der Waals surface area contributed by atoms with Crippen LogP contribution < -0.4 is 4.74 Å². The molecule has 0 atom stereocenters. The van der Waals surface area contributed by atoms with Crippen LogP contribution in [-0.2, 0) is 0 Å². The van der Waals surface area contributed by atoms with Crippen molar-refractivity contribution in [3.05, 3.63) is 29.8 Å². The Kier molecular flexibility index (Phi) is 1.52. The maximum Gasteiger partial charge on any atom is 0.239 e. The minimum absolute atomic E-state index is 0.685. The normalized spacial score (nSPS) is 11.2. The Hall–Kier alpha value is -1.55. The van der Waals surface area contributed by atoms with Crippen LogP contribution in [0.3, 0.4) is 0 Å². The van der Waals surface area contributed by atoms with Crippen LogP contribution in [0.2, 0.25) is 0 Å². The van der Waals surface area contributed by atoms with Crippen LogP contribution in [0.15, 0.2) is 29.8 Å². The Morgan fingerprint density at radius 3 is 3.14 bits per heavy atom. The zero-order valence-electron chi connectivity index (χ0n) is 7.60. The zero-order valence-corrected chi connectivity index (χ0v) is 8.41. The number of aromatic nitrogens is 2. The second-order valence-electron chi connectivity index (χ2n) is 3.00. The number of hydrogen-bond acceptors (Lipinski definition) is 3. The topological polar surface area (TPSA) is 26.5 Å². The number of ether oxygens (including phenoxy) is 1. The standard InChI is InChI=1S/C10H8N2OS/c1-13-9-7-3-2-5-12(7)8-4-6-14-10(8)11-9/h2-6H,1H3. The summed E-state index contributed by atoms with van der Waals surface area (Å²) in [6, 6.07) is 6.07. The van der Waals surface area contributed by atoms with Crippen molar-refractivity contribution >= 4 is 27.2 Å². The van der Waals surface area contributed by atoms with Gasteiger partial charge in [-0.3, -0.25) is 0 Å². The Balaban J connectivity index is 2.59. The smallest absolute Gasteiger partial charge is 0.239 e. The molecule has 4 heteroatoms. The Morgan fingerprint density at radius 2 is 2.29 bits per heavy atom. The highest BCUT2D eigenvalue weighted by atomic mass is 32.1. The molecule has 0 bridgehead atoms. The minimum Gasteiger partial charge on any atom is -0.479 e. The van der Waals surface area contributed by atoms with E-state index in [2.05, 4.69) is 15.5 Å². The minimum atomic E-state index is 0.685. The second kappa shape index (κ2) is 2.72. The van der Waals surface area contributed by atoms with Gasteiger partial charge in [-0.2, -0.15) is 4.98 Å². The number of hydrogen-bond donors (Lipinski definition) is 0. The first-order valence-corrected chi connectivity index (χ1v) is 5.16. The highest BCUT2D eigenvalue weighted by Gasteiger charge is 2.07. The van der Waals surface area contributed by atoms with Gasteiger partial charge in [0.15, 0.2) is 0 Å². The first kappa shape index (κ1) is 7.82. The molecule has 3 aromatic heterocycles. The molecule has 0 unspecified atom stereocenters. The lowest BCUT2D eigenvalue weighted by atomic mass is 10.4. The quantitative estimate of drug-likeness (QED) is 0.609. The van der Waals surface area contributed by atoms with Crippen molar-refractivity contribution in [3.63, 3.8) is 0 Å². The molecule has 0 spiro atoms. The van der Waals surface area contributed by atoms with Gasteiger partial charge in [0.2, 0.25) is 5.88 Å². The molecule has 3 nitrogen and oxygen atoms in total. The SMILES string of the molecule is COc1nc2sccc2n2cccc12. The largest absolute Gasteiger partial charge is 0.479 e. The maximum absolute atomic E-state index is 5.24. The van der Waals surface area contributed by atoms with Gasteiger partial charge in [-0.1, -0.05) is 0 Å². The molecule has 3 heterocycles. The van der Waals surface area contributed by atoms with Crippen molar-refractivity contribution in [1.82, 2.24) is 9.38 Å². The molecule has 0 aliphatic heterocycles. The average molecular weight is 204 g/mol. The molecule has 70 valence electrons. The maximum atomic E-state index is 5.24. The average Bonchev–Trinajstić information content (AvgIpc) is 2.83. The van der Waals surface area contributed by atoms with E-state index in [4.69, 9.17) is 4.74 Å². The summed E-state index contributed by atoms with van der Waals surface area (Å²) in [5.74, 6) is 0.685. The molecule has 0 N–H and O–H groups in total. The summed E-state index contributed by atoms with van der Waals surface area (Å²) in [5, 5.41) is 2.04. The van der Waals surface area contributed by atoms with Gasteiger partial charge >= 0.3 is 0 Å². The third kappa shape index (κ3) is 0.886. The Labute approximate surface area is 84.6 Å². The predicted molar refractivity (Wildman–Crippen MR) is 57.1 cm³/mol. The number of thiophene rings is 1. The van der Waals surface area contributed by atoms with Crippen LogP contribution in [0, 0.1) is 0 Å². The lowest BCUT2D eigenvalue weighted by molar-refractivity contribution is 0.403. The van der Waals surface area contributed by atoms with Gasteiger partial charge in [-0.15, -0.1) is 11.3 Å². The van der Waals surface area contributed by atoms with E-state index >= 15 is 0 Å². The fourth-order valence-electron chi connectivity index (χ4n) is 1.63. The van der Waals surface area contributed by atoms with Crippen molar-refractivity contribution in [2.24, 2.45) is 0 Å². The van der Waals surface area contributed by atoms with Crippen molar-refractivity contribution in [1.29, 1.82) is 0 Å². The van der Waals surface area contributed by atoms with Gasteiger partial charge < -0.3 is 9.14 Å². The zero-order chi connectivity index (χ0) is 9.54. The first-order chi connectivity index (χ1) is 6.90. The molecular weight excluding hydrogens is 196 g/mol. The molecule has 0 aliphatic rings. The molecule has 14 heavy (non-hydrogen) atoms. The Morgan fingerprint density at radius 1 is 1.36 bits per heavy atom. The van der Waals surface area contributed by atoms with Gasteiger partial charge in [0.25, 0.3) is 0 Å². The second-order valence-corrected chi connectivity index (χ2v) is 3.89. The van der Waals surface area contributed by atoms with E-state index in [-0.39, 0.29) is 0 Å². The number of nitrogens with zero attached hydrogens (tertiary/aromatic N) is 2. The summed E-state index contributed by atoms with van der Waals surface area (Å²) >= 11 is 1.62. The highest BCUT2D eigenvalue weighted by molar-refractivity contribution is 7.16. The van der Waals surface area contributed by atoms with E-state index in [1.54, 1.807) is 18.4 Å². The van der Waals surface area contributed by atoms with Gasteiger partial charge in [-0.05, 0) is 23.6 Å². The molecule has 0 amide bonds. The number of methoxy groups -OCH3 is 1. The van der Waals surface area contributed by atoms with Gasteiger partial charge in [0.1, 0.15) is 10.3 Å². The van der Waals surface area contributed by atoms with E-state index in [1.165, 1.54) is 0 Å². The predicted octanol–water partition coefficient (Wildman–Crippen LogP) is 2.56. The molecule has 0 radical (unpaired) electrons. The fourth-order valence-corrected chi connectivity index (χ4v) is 2.38. The van der Waals surface area contributed by atoms with E-state index < -0.39 is 0 Å². The van der Waals surface area contributed by atoms with Crippen LogP contribution in [0.1, 0.15) is 0 Å². The van der Waals surface area contributed by atoms with E-state index in [9.17, 15) is 0 Å². The molecule has 0 aliphatic carbocycles. The summed E-state index contributed by atoms with van der Waals surface area (Å²) in [6.07, 6.45) is 2.02. The van der Waals surface area contributed by atoms with Crippen LogP contribution in [0.4, 0.5) is 0 Å². The lowest BCUT2D eigenvalue weighted by Gasteiger charge is -2.03. The van der Waals surface area contributed by atoms with Crippen molar-refractivity contribution in [2.45, 2.75) is 0 Å². The summed E-state index contributed by atoms with van der Waals surface area (Å²) < 4.78 is 7.33. The van der Waals surface area contributed by atoms with Crippen molar-refractivity contribution < 1.29 is 4.74 Å². The van der Waals surface area contributed by atoms with E-state index in [0.717, 1.165) is 15.9 Å². The van der Waals surface area contributed by atoms with Crippen molar-refractivity contribution in [2.75, 3.05) is 7.11 Å². The third-order valence-corrected chi connectivity index (χ3v) is 3.04. The number of rotatable bonds is 1. The van der Waals surface area contributed by atoms with Gasteiger partial charge in [-0.25, -0.2) is 0 Å². The van der Waals surface area contributed by atoms with Crippen LogP contribution in [0.25, 0.3) is 15.9 Å². The molecule has 0 saturated carbocycles. The summed E-state index contributed by atoms with van der Waals surface area (Å²) in [7, 11) is 1.65.